The Morgan fingerprint density at radius 1 is 0.763 bits per heavy atom. The number of rotatable bonds is 13. The lowest BCUT2D eigenvalue weighted by molar-refractivity contribution is -0.138. The summed E-state index contributed by atoms with van der Waals surface area (Å²) >= 11 is 0. The summed E-state index contributed by atoms with van der Waals surface area (Å²) in [7, 11) is 1.43. The highest BCUT2D eigenvalue weighted by molar-refractivity contribution is 5.96. The standard InChI is InChI=1S/C26H25N3O9/c1-38-19-10-17-7-9-18(27-26(17)21(11-19)29(14-24(34)35)15-25(36)37)8-6-16-4-2-3-5-20(16)28(12-22(30)31)13-23(32)33/h2-11H,12-15H2,1H3,(H,30,31)(H,32,33)(H,34,35)(H,36,37)/b8-6+. The highest BCUT2D eigenvalue weighted by atomic mass is 16.5. The zero-order valence-corrected chi connectivity index (χ0v) is 20.3. The molecule has 0 saturated heterocycles. The molecule has 1 heterocycles. The van der Waals surface area contributed by atoms with E-state index >= 15 is 0 Å². The van der Waals surface area contributed by atoms with Crippen molar-refractivity contribution in [3.8, 4) is 5.75 Å². The fraction of sp³-hybridized carbons (Fsp3) is 0.192. The smallest absolute Gasteiger partial charge is 0.323 e. The number of fused-ring (bicyclic) bond motifs is 1. The second kappa shape index (κ2) is 12.2. The first-order valence-electron chi connectivity index (χ1n) is 11.2. The van der Waals surface area contributed by atoms with E-state index in [9.17, 15) is 39.6 Å². The van der Waals surface area contributed by atoms with Crippen LogP contribution in [0.2, 0.25) is 0 Å². The van der Waals surface area contributed by atoms with Gasteiger partial charge in [-0.1, -0.05) is 30.3 Å². The Kier molecular flexibility index (Phi) is 8.82. The molecule has 3 rings (SSSR count). The number of hydrogen-bond donors (Lipinski definition) is 4. The van der Waals surface area contributed by atoms with Crippen LogP contribution in [0.5, 0.6) is 5.75 Å². The Morgan fingerprint density at radius 2 is 1.32 bits per heavy atom. The van der Waals surface area contributed by atoms with Crippen molar-refractivity contribution >= 4 is 58.3 Å². The summed E-state index contributed by atoms with van der Waals surface area (Å²) in [5.74, 6) is -4.42. The fourth-order valence-corrected chi connectivity index (χ4v) is 3.85. The molecule has 0 amide bonds. The second-order valence-corrected chi connectivity index (χ2v) is 8.13. The fourth-order valence-electron chi connectivity index (χ4n) is 3.85. The van der Waals surface area contributed by atoms with Crippen molar-refractivity contribution in [1.82, 2.24) is 4.98 Å². The molecule has 0 aliphatic carbocycles. The molecule has 38 heavy (non-hydrogen) atoms. The minimum atomic E-state index is -1.22. The average molecular weight is 523 g/mol. The van der Waals surface area contributed by atoms with Crippen LogP contribution in [0, 0.1) is 0 Å². The maximum atomic E-state index is 11.4. The molecule has 0 saturated carbocycles. The van der Waals surface area contributed by atoms with Gasteiger partial charge in [-0.2, -0.15) is 0 Å². The van der Waals surface area contributed by atoms with Crippen LogP contribution >= 0.6 is 0 Å². The maximum absolute atomic E-state index is 11.4. The minimum absolute atomic E-state index is 0.258. The van der Waals surface area contributed by atoms with E-state index in [1.54, 1.807) is 54.6 Å². The molecule has 198 valence electrons. The monoisotopic (exact) mass is 523 g/mol. The summed E-state index contributed by atoms with van der Waals surface area (Å²) in [6.07, 6.45) is 3.28. The van der Waals surface area contributed by atoms with Gasteiger partial charge in [-0.05, 0) is 29.8 Å². The normalized spacial score (nSPS) is 10.9. The number of ether oxygens (including phenoxy) is 1. The molecule has 0 aliphatic heterocycles. The van der Waals surface area contributed by atoms with Gasteiger partial charge in [0.2, 0.25) is 0 Å². The van der Waals surface area contributed by atoms with Crippen LogP contribution in [-0.2, 0) is 19.2 Å². The molecule has 0 bridgehead atoms. The van der Waals surface area contributed by atoms with Gasteiger partial charge in [-0.15, -0.1) is 0 Å². The van der Waals surface area contributed by atoms with Crippen molar-refractivity contribution < 1.29 is 44.3 Å². The zero-order valence-electron chi connectivity index (χ0n) is 20.3. The van der Waals surface area contributed by atoms with Crippen molar-refractivity contribution in [3.05, 3.63) is 59.8 Å². The van der Waals surface area contributed by atoms with E-state index in [0.29, 0.717) is 33.6 Å². The predicted molar refractivity (Wildman–Crippen MR) is 139 cm³/mol. The second-order valence-electron chi connectivity index (χ2n) is 8.13. The first kappa shape index (κ1) is 27.5. The van der Waals surface area contributed by atoms with Crippen molar-refractivity contribution in [2.75, 3.05) is 43.1 Å². The molecule has 3 aromatic rings. The summed E-state index contributed by atoms with van der Waals surface area (Å²) in [5.41, 5.74) is 1.99. The molecule has 1 aromatic heterocycles. The number of pyridine rings is 1. The Bertz CT molecular complexity index is 1370. The molecule has 2 aromatic carbocycles. The van der Waals surface area contributed by atoms with Crippen LogP contribution in [0.4, 0.5) is 11.4 Å². The van der Waals surface area contributed by atoms with E-state index < -0.39 is 50.1 Å². The van der Waals surface area contributed by atoms with E-state index in [2.05, 4.69) is 4.98 Å². The van der Waals surface area contributed by atoms with Crippen LogP contribution in [0.25, 0.3) is 23.1 Å². The number of aliphatic carboxylic acids is 4. The molecule has 0 aliphatic rings. The molecular weight excluding hydrogens is 498 g/mol. The molecule has 0 unspecified atom stereocenters. The predicted octanol–water partition coefficient (Wildman–Crippen LogP) is 2.37. The van der Waals surface area contributed by atoms with Crippen LogP contribution in [-0.4, -0.2) is 82.6 Å². The van der Waals surface area contributed by atoms with Gasteiger partial charge < -0.3 is 35.0 Å². The van der Waals surface area contributed by atoms with Gasteiger partial charge in [-0.25, -0.2) is 4.98 Å². The number of nitrogens with zero attached hydrogens (tertiary/aromatic N) is 3. The van der Waals surface area contributed by atoms with Gasteiger partial charge >= 0.3 is 23.9 Å². The molecule has 12 nitrogen and oxygen atoms in total. The molecule has 4 N–H and O–H groups in total. The topological polar surface area (TPSA) is 178 Å². The SMILES string of the molecule is COc1cc(N(CC(=O)O)CC(=O)O)c2nc(/C=C/c3ccccc3N(CC(=O)O)CC(=O)O)ccc2c1. The number of methoxy groups -OCH3 is 1. The number of aromatic nitrogens is 1. The summed E-state index contributed by atoms with van der Waals surface area (Å²) in [6.45, 7) is -2.18. The van der Waals surface area contributed by atoms with Crippen molar-refractivity contribution in [2.24, 2.45) is 0 Å². The Hall–Kier alpha value is -5.13. The van der Waals surface area contributed by atoms with E-state index in [-0.39, 0.29) is 5.69 Å². The molecule has 0 atom stereocenters. The first-order valence-corrected chi connectivity index (χ1v) is 11.2. The van der Waals surface area contributed by atoms with E-state index in [1.807, 2.05) is 0 Å². The third kappa shape index (κ3) is 7.20. The highest BCUT2D eigenvalue weighted by Gasteiger charge is 2.20. The third-order valence-corrected chi connectivity index (χ3v) is 5.36. The molecular formula is C26H25N3O9. The quantitative estimate of drug-likeness (QED) is 0.257. The minimum Gasteiger partial charge on any atom is -0.497 e. The number of carboxylic acid groups (broad SMARTS) is 4. The van der Waals surface area contributed by atoms with Crippen LogP contribution in [0.15, 0.2) is 48.5 Å². The number of carboxylic acids is 4. The van der Waals surface area contributed by atoms with Crippen LogP contribution < -0.4 is 14.5 Å². The number of para-hydroxylation sites is 1. The number of carbonyl (C=O) groups is 4. The van der Waals surface area contributed by atoms with Gasteiger partial charge in [0.15, 0.2) is 0 Å². The van der Waals surface area contributed by atoms with Gasteiger partial charge in [0.25, 0.3) is 0 Å². The average Bonchev–Trinajstić information content (AvgIpc) is 2.85. The summed E-state index contributed by atoms with van der Waals surface area (Å²) in [4.78, 5) is 52.4. The van der Waals surface area contributed by atoms with Crippen molar-refractivity contribution in [2.45, 2.75) is 0 Å². The van der Waals surface area contributed by atoms with E-state index in [0.717, 1.165) is 0 Å². The molecule has 0 spiro atoms. The summed E-state index contributed by atoms with van der Waals surface area (Å²) in [5, 5.41) is 37.7. The van der Waals surface area contributed by atoms with Gasteiger partial charge in [-0.3, -0.25) is 19.2 Å². The Balaban J connectivity index is 2.07. The highest BCUT2D eigenvalue weighted by Crippen LogP contribution is 2.32. The lowest BCUT2D eigenvalue weighted by Gasteiger charge is -2.23. The molecule has 0 radical (unpaired) electrons. The number of hydrogen-bond acceptors (Lipinski definition) is 8. The molecule has 12 heteroatoms. The van der Waals surface area contributed by atoms with E-state index in [1.165, 1.54) is 23.0 Å². The lowest BCUT2D eigenvalue weighted by atomic mass is 10.1. The summed E-state index contributed by atoms with van der Waals surface area (Å²) < 4.78 is 5.30. The van der Waals surface area contributed by atoms with Crippen LogP contribution in [0.1, 0.15) is 11.3 Å². The van der Waals surface area contributed by atoms with Gasteiger partial charge in [0.1, 0.15) is 31.9 Å². The number of anilines is 2. The van der Waals surface area contributed by atoms with Crippen LogP contribution in [0.3, 0.4) is 0 Å². The maximum Gasteiger partial charge on any atom is 0.323 e. The third-order valence-electron chi connectivity index (χ3n) is 5.36. The van der Waals surface area contributed by atoms with Crippen molar-refractivity contribution in [1.29, 1.82) is 0 Å². The van der Waals surface area contributed by atoms with Crippen molar-refractivity contribution in [3.63, 3.8) is 0 Å². The first-order chi connectivity index (χ1) is 18.1. The Morgan fingerprint density at radius 3 is 1.87 bits per heavy atom. The number of benzene rings is 2. The van der Waals surface area contributed by atoms with E-state index in [4.69, 9.17) is 4.74 Å². The Labute approximate surface area is 216 Å². The summed E-state index contributed by atoms with van der Waals surface area (Å²) in [6, 6.07) is 13.3. The lowest BCUT2D eigenvalue weighted by Crippen LogP contribution is -2.34. The van der Waals surface area contributed by atoms with Gasteiger partial charge in [0, 0.05) is 17.1 Å². The molecule has 0 fully saturated rings. The largest absolute Gasteiger partial charge is 0.497 e. The zero-order chi connectivity index (χ0) is 27.8. The van der Waals surface area contributed by atoms with Gasteiger partial charge in [0.05, 0.1) is 24.0 Å².